The van der Waals surface area contributed by atoms with E-state index < -0.39 is 17.7 Å². The number of rotatable bonds is 7. The first kappa shape index (κ1) is 20.6. The van der Waals surface area contributed by atoms with Gasteiger partial charge in [0.2, 0.25) is 0 Å². The highest BCUT2D eigenvalue weighted by Crippen LogP contribution is 2.39. The van der Waals surface area contributed by atoms with Crippen LogP contribution in [0.25, 0.3) is 5.76 Å². The van der Waals surface area contributed by atoms with Gasteiger partial charge in [-0.3, -0.25) is 9.59 Å². The zero-order valence-corrected chi connectivity index (χ0v) is 17.0. The number of carbonyl (C=O) groups excluding carboxylic acids is 2. The summed E-state index contributed by atoms with van der Waals surface area (Å²) in [5.74, 6) is -0.872. The quantitative estimate of drug-likeness (QED) is 0.444. The van der Waals surface area contributed by atoms with Crippen molar-refractivity contribution in [3.05, 3.63) is 71.3 Å². The molecule has 0 radical (unpaired) electrons. The monoisotopic (exact) mass is 394 g/mol. The normalized spacial score (nSPS) is 18.5. The number of benzene rings is 2. The number of Topliss-reactive ketones (excluding diaryl/α,β-unsaturated/α-hetero) is 1. The van der Waals surface area contributed by atoms with Gasteiger partial charge in [-0.15, -0.1) is 0 Å². The van der Waals surface area contributed by atoms with Gasteiger partial charge in [-0.25, -0.2) is 0 Å². The summed E-state index contributed by atoms with van der Waals surface area (Å²) in [5, 5.41) is 11.0. The van der Waals surface area contributed by atoms with Crippen molar-refractivity contribution in [2.24, 2.45) is 0 Å². The third-order valence-corrected chi connectivity index (χ3v) is 5.00. The SMILES string of the molecule is COc1cccc(/C(O)=C2\C(=O)C(=O)N(CCCN(C)C)[C@H]2c2ccccc2)c1. The number of ether oxygens (including phenoxy) is 1. The number of amides is 1. The number of methoxy groups -OCH3 is 1. The number of ketones is 1. The van der Waals surface area contributed by atoms with Crippen LogP contribution in [0, 0.1) is 0 Å². The van der Waals surface area contributed by atoms with Gasteiger partial charge in [-0.2, -0.15) is 0 Å². The lowest BCUT2D eigenvalue weighted by Crippen LogP contribution is -2.32. The van der Waals surface area contributed by atoms with Crippen molar-refractivity contribution in [3.63, 3.8) is 0 Å². The van der Waals surface area contributed by atoms with E-state index in [9.17, 15) is 14.7 Å². The molecule has 0 bridgehead atoms. The first-order chi connectivity index (χ1) is 13.9. The zero-order valence-electron chi connectivity index (χ0n) is 17.0. The second-order valence-electron chi connectivity index (χ2n) is 7.29. The molecule has 6 heteroatoms. The van der Waals surface area contributed by atoms with E-state index in [1.165, 1.54) is 7.11 Å². The van der Waals surface area contributed by atoms with Gasteiger partial charge >= 0.3 is 0 Å². The summed E-state index contributed by atoms with van der Waals surface area (Å²) in [6.07, 6.45) is 0.725. The molecule has 2 aromatic rings. The Morgan fingerprint density at radius 2 is 1.83 bits per heavy atom. The molecule has 1 aliphatic heterocycles. The van der Waals surface area contributed by atoms with Crippen LogP contribution in [-0.4, -0.2) is 60.9 Å². The molecule has 6 nitrogen and oxygen atoms in total. The summed E-state index contributed by atoms with van der Waals surface area (Å²) in [6, 6.07) is 15.6. The van der Waals surface area contributed by atoms with Gasteiger partial charge in [0.1, 0.15) is 11.5 Å². The van der Waals surface area contributed by atoms with E-state index >= 15 is 0 Å². The van der Waals surface area contributed by atoms with Crippen LogP contribution in [0.3, 0.4) is 0 Å². The molecule has 29 heavy (non-hydrogen) atoms. The summed E-state index contributed by atoms with van der Waals surface area (Å²) >= 11 is 0. The average Bonchev–Trinajstić information content (AvgIpc) is 2.98. The summed E-state index contributed by atoms with van der Waals surface area (Å²) < 4.78 is 5.22. The molecule has 0 saturated carbocycles. The number of aliphatic hydroxyl groups excluding tert-OH is 1. The fourth-order valence-corrected chi connectivity index (χ4v) is 3.58. The smallest absolute Gasteiger partial charge is 0.295 e. The van der Waals surface area contributed by atoms with E-state index in [0.29, 0.717) is 17.9 Å². The van der Waals surface area contributed by atoms with E-state index in [-0.39, 0.29) is 11.3 Å². The second kappa shape index (κ2) is 8.92. The lowest BCUT2D eigenvalue weighted by atomic mass is 9.95. The molecule has 152 valence electrons. The summed E-state index contributed by atoms with van der Waals surface area (Å²) in [4.78, 5) is 29.3. The Hall–Kier alpha value is -3.12. The summed E-state index contributed by atoms with van der Waals surface area (Å²) in [5.41, 5.74) is 1.34. The Balaban J connectivity index is 2.07. The molecule has 0 unspecified atom stereocenters. The zero-order chi connectivity index (χ0) is 21.0. The van der Waals surface area contributed by atoms with Gasteiger partial charge in [0, 0.05) is 12.1 Å². The Morgan fingerprint density at radius 3 is 2.48 bits per heavy atom. The number of hydrogen-bond donors (Lipinski definition) is 1. The van der Waals surface area contributed by atoms with Crippen LogP contribution in [0.5, 0.6) is 5.75 Å². The minimum Gasteiger partial charge on any atom is -0.507 e. The fraction of sp³-hybridized carbons (Fsp3) is 0.304. The number of carbonyl (C=O) groups is 2. The first-order valence-electron chi connectivity index (χ1n) is 9.56. The molecule has 1 saturated heterocycles. The molecule has 0 spiro atoms. The highest BCUT2D eigenvalue weighted by Gasteiger charge is 2.45. The molecular formula is C23H26N2O4. The van der Waals surface area contributed by atoms with Crippen LogP contribution in [0.15, 0.2) is 60.2 Å². The average molecular weight is 394 g/mol. The number of nitrogens with zero attached hydrogens (tertiary/aromatic N) is 2. The highest BCUT2D eigenvalue weighted by molar-refractivity contribution is 6.46. The standard InChI is InChI=1S/C23H26N2O4/c1-24(2)13-8-14-25-20(16-9-5-4-6-10-16)19(22(27)23(25)28)21(26)17-11-7-12-18(15-17)29-3/h4-7,9-12,15,20,26H,8,13-14H2,1-3H3/b21-19+/t20-/m0/s1. The van der Waals surface area contributed by atoms with Crippen LogP contribution >= 0.6 is 0 Å². The van der Waals surface area contributed by atoms with Gasteiger partial charge in [-0.05, 0) is 44.8 Å². The van der Waals surface area contributed by atoms with Crippen molar-refractivity contribution in [1.29, 1.82) is 0 Å². The lowest BCUT2D eigenvalue weighted by molar-refractivity contribution is -0.139. The molecule has 2 aromatic carbocycles. The second-order valence-corrected chi connectivity index (χ2v) is 7.29. The third-order valence-electron chi connectivity index (χ3n) is 5.00. The first-order valence-corrected chi connectivity index (χ1v) is 9.56. The highest BCUT2D eigenvalue weighted by atomic mass is 16.5. The number of likely N-dealkylation sites (tertiary alicyclic amines) is 1. The molecule has 1 N–H and O–H groups in total. The minimum absolute atomic E-state index is 0.110. The Labute approximate surface area is 171 Å². The minimum atomic E-state index is -0.663. The molecule has 1 aliphatic rings. The molecule has 3 rings (SSSR count). The molecule has 1 atom stereocenters. The number of aliphatic hydroxyl groups is 1. The van der Waals surface area contributed by atoms with Crippen molar-refractivity contribution in [2.75, 3.05) is 34.3 Å². The largest absolute Gasteiger partial charge is 0.507 e. The van der Waals surface area contributed by atoms with Gasteiger partial charge in [-0.1, -0.05) is 42.5 Å². The van der Waals surface area contributed by atoms with Crippen LogP contribution in [0.1, 0.15) is 23.6 Å². The molecule has 0 aromatic heterocycles. The van der Waals surface area contributed by atoms with Gasteiger partial charge in [0.25, 0.3) is 11.7 Å². The maximum absolute atomic E-state index is 12.9. The van der Waals surface area contributed by atoms with Crippen LogP contribution in [-0.2, 0) is 9.59 Å². The van der Waals surface area contributed by atoms with E-state index in [1.807, 2.05) is 49.3 Å². The Bertz CT molecular complexity index is 921. The fourth-order valence-electron chi connectivity index (χ4n) is 3.58. The van der Waals surface area contributed by atoms with Crippen molar-refractivity contribution in [3.8, 4) is 5.75 Å². The maximum Gasteiger partial charge on any atom is 0.295 e. The van der Waals surface area contributed by atoms with E-state index in [4.69, 9.17) is 4.74 Å². The van der Waals surface area contributed by atoms with Gasteiger partial charge in [0.05, 0.1) is 18.7 Å². The van der Waals surface area contributed by atoms with E-state index in [2.05, 4.69) is 0 Å². The van der Waals surface area contributed by atoms with Crippen molar-refractivity contribution >= 4 is 17.4 Å². The maximum atomic E-state index is 12.9. The molecule has 0 aliphatic carbocycles. The summed E-state index contributed by atoms with van der Waals surface area (Å²) in [6.45, 7) is 1.22. The molecule has 1 fully saturated rings. The molecule has 1 amide bonds. The van der Waals surface area contributed by atoms with Crippen LogP contribution in [0.2, 0.25) is 0 Å². The van der Waals surface area contributed by atoms with E-state index in [1.54, 1.807) is 29.2 Å². The predicted octanol–water partition coefficient (Wildman–Crippen LogP) is 3.07. The Morgan fingerprint density at radius 1 is 1.10 bits per heavy atom. The third kappa shape index (κ3) is 4.32. The van der Waals surface area contributed by atoms with Crippen LogP contribution < -0.4 is 4.74 Å². The topological polar surface area (TPSA) is 70.1 Å². The Kier molecular flexibility index (Phi) is 6.34. The van der Waals surface area contributed by atoms with Gasteiger partial charge in [0.15, 0.2) is 0 Å². The summed E-state index contributed by atoms with van der Waals surface area (Å²) in [7, 11) is 5.46. The lowest BCUT2D eigenvalue weighted by Gasteiger charge is -2.26. The number of hydrogen-bond acceptors (Lipinski definition) is 5. The van der Waals surface area contributed by atoms with Crippen LogP contribution in [0.4, 0.5) is 0 Å². The predicted molar refractivity (Wildman–Crippen MR) is 112 cm³/mol. The van der Waals surface area contributed by atoms with Crippen molar-refractivity contribution in [2.45, 2.75) is 12.5 Å². The van der Waals surface area contributed by atoms with Gasteiger partial charge < -0.3 is 19.6 Å². The van der Waals surface area contributed by atoms with Crippen molar-refractivity contribution < 1.29 is 19.4 Å². The molecular weight excluding hydrogens is 368 g/mol. The van der Waals surface area contributed by atoms with E-state index in [0.717, 1.165) is 18.5 Å². The van der Waals surface area contributed by atoms with Crippen molar-refractivity contribution in [1.82, 2.24) is 9.80 Å². The molecule has 1 heterocycles.